The molecule has 0 spiro atoms. The van der Waals surface area contributed by atoms with Gasteiger partial charge in [0.2, 0.25) is 5.89 Å². The van der Waals surface area contributed by atoms with Gasteiger partial charge in [0.05, 0.1) is 16.6 Å². The van der Waals surface area contributed by atoms with E-state index in [4.69, 9.17) is 4.52 Å². The first-order chi connectivity index (χ1) is 16.5. The maximum absolute atomic E-state index is 13.3. The van der Waals surface area contributed by atoms with Gasteiger partial charge in [-0.15, -0.1) is 0 Å². The van der Waals surface area contributed by atoms with Crippen molar-refractivity contribution in [2.45, 2.75) is 57.9 Å². The molecule has 1 aliphatic rings. The number of aryl methyl sites for hydroxylation is 2. The molecule has 0 unspecified atom stereocenters. The predicted molar refractivity (Wildman–Crippen MR) is 128 cm³/mol. The number of carbonyl (C=O) groups is 1. The van der Waals surface area contributed by atoms with Crippen LogP contribution in [-0.4, -0.2) is 25.6 Å². The number of rotatable bonds is 4. The second-order valence-corrected chi connectivity index (χ2v) is 8.95. The fourth-order valence-electron chi connectivity index (χ4n) is 4.83. The first-order valence-electron chi connectivity index (χ1n) is 11.7. The van der Waals surface area contributed by atoms with Gasteiger partial charge in [-0.2, -0.15) is 4.98 Å². The van der Waals surface area contributed by atoms with Gasteiger partial charge >= 0.3 is 0 Å². The van der Waals surface area contributed by atoms with Crippen molar-refractivity contribution in [1.29, 1.82) is 0 Å². The summed E-state index contributed by atoms with van der Waals surface area (Å²) in [6.07, 6.45) is 5.77. The van der Waals surface area contributed by atoms with Crippen LogP contribution in [0.3, 0.4) is 0 Å². The second-order valence-electron chi connectivity index (χ2n) is 8.95. The molecule has 1 N–H and O–H groups in total. The Hall–Kier alpha value is -3.81. The lowest BCUT2D eigenvalue weighted by Crippen LogP contribution is -2.46. The van der Waals surface area contributed by atoms with Gasteiger partial charge in [0.25, 0.3) is 11.5 Å². The van der Waals surface area contributed by atoms with E-state index in [9.17, 15) is 9.59 Å². The third-order valence-corrected chi connectivity index (χ3v) is 6.60. The minimum atomic E-state index is -0.639. The molecular weight excluding hydrogens is 430 g/mol. The predicted octanol–water partition coefficient (Wildman–Crippen LogP) is 4.37. The molecule has 0 aliphatic heterocycles. The van der Waals surface area contributed by atoms with Crippen LogP contribution in [0.2, 0.25) is 0 Å². The van der Waals surface area contributed by atoms with Gasteiger partial charge in [0.15, 0.2) is 5.82 Å². The summed E-state index contributed by atoms with van der Waals surface area (Å²) in [6.45, 7) is 3.56. The molecule has 2 aromatic carbocycles. The fraction of sp³-hybridized carbons (Fsp3) is 0.346. The van der Waals surface area contributed by atoms with E-state index in [1.54, 1.807) is 48.7 Å². The van der Waals surface area contributed by atoms with Crippen LogP contribution < -0.4 is 10.9 Å². The molecular formula is C26H27N5O3. The molecule has 1 saturated carbocycles. The van der Waals surface area contributed by atoms with Gasteiger partial charge in [0.1, 0.15) is 11.4 Å². The van der Waals surface area contributed by atoms with E-state index in [0.29, 0.717) is 39.7 Å². The summed E-state index contributed by atoms with van der Waals surface area (Å²) in [6, 6.07) is 14.3. The topological polar surface area (TPSA) is 103 Å². The Labute approximate surface area is 197 Å². The quantitative estimate of drug-likeness (QED) is 0.457. The lowest BCUT2D eigenvalue weighted by Gasteiger charge is -2.30. The van der Waals surface area contributed by atoms with Gasteiger partial charge < -0.3 is 9.84 Å². The summed E-state index contributed by atoms with van der Waals surface area (Å²) < 4.78 is 6.81. The van der Waals surface area contributed by atoms with Crippen molar-refractivity contribution in [2.24, 2.45) is 0 Å². The Kier molecular flexibility index (Phi) is 5.73. The molecule has 8 nitrogen and oxygen atoms in total. The number of carbonyl (C=O) groups excluding carboxylic acids is 1. The maximum Gasteiger partial charge on any atom is 0.265 e. The van der Waals surface area contributed by atoms with Crippen LogP contribution in [-0.2, 0) is 5.54 Å². The molecule has 1 aliphatic carbocycles. The lowest BCUT2D eigenvalue weighted by molar-refractivity contribution is 0.0876. The average Bonchev–Trinajstić information content (AvgIpc) is 3.14. The standard InChI is InChI=1S/C26H27N5O3/c1-17-27-22-10-6-5-9-21(22)24(33)31(17)20-13-11-19(12-14-20)23(32)29-26(15-7-3-4-8-16-26)25-28-18(2)34-30-25/h5-6,9-14H,3-4,7-8,15-16H2,1-2H3,(H,29,32). The zero-order valence-corrected chi connectivity index (χ0v) is 19.4. The molecule has 2 heterocycles. The van der Waals surface area contributed by atoms with Crippen molar-refractivity contribution < 1.29 is 9.32 Å². The van der Waals surface area contributed by atoms with Crippen LogP contribution in [0.15, 0.2) is 57.8 Å². The summed E-state index contributed by atoms with van der Waals surface area (Å²) in [4.78, 5) is 35.4. The summed E-state index contributed by atoms with van der Waals surface area (Å²) in [7, 11) is 0. The number of benzene rings is 2. The van der Waals surface area contributed by atoms with Crippen molar-refractivity contribution in [2.75, 3.05) is 0 Å². The summed E-state index contributed by atoms with van der Waals surface area (Å²) in [5, 5.41) is 7.93. The third kappa shape index (κ3) is 4.00. The van der Waals surface area contributed by atoms with Crippen LogP contribution in [0, 0.1) is 13.8 Å². The largest absolute Gasteiger partial charge is 0.340 e. The fourth-order valence-corrected chi connectivity index (χ4v) is 4.83. The molecule has 5 rings (SSSR count). The number of amides is 1. The van der Waals surface area contributed by atoms with Gasteiger partial charge in [0, 0.05) is 12.5 Å². The number of nitrogens with one attached hydrogen (secondary N) is 1. The highest BCUT2D eigenvalue weighted by molar-refractivity contribution is 5.95. The van der Waals surface area contributed by atoms with E-state index in [2.05, 4.69) is 20.4 Å². The lowest BCUT2D eigenvalue weighted by atomic mass is 9.88. The van der Waals surface area contributed by atoms with Gasteiger partial charge in [-0.3, -0.25) is 14.2 Å². The molecule has 174 valence electrons. The van der Waals surface area contributed by atoms with Crippen LogP contribution in [0.1, 0.15) is 66.4 Å². The highest BCUT2D eigenvalue weighted by Gasteiger charge is 2.39. The van der Waals surface area contributed by atoms with Gasteiger partial charge in [-0.1, -0.05) is 43.0 Å². The number of fused-ring (bicyclic) bond motifs is 1. The van der Waals surface area contributed by atoms with E-state index < -0.39 is 5.54 Å². The molecule has 0 radical (unpaired) electrons. The van der Waals surface area contributed by atoms with Crippen molar-refractivity contribution in [3.63, 3.8) is 0 Å². The molecule has 2 aromatic heterocycles. The molecule has 0 saturated heterocycles. The van der Waals surface area contributed by atoms with E-state index >= 15 is 0 Å². The number of nitrogens with zero attached hydrogens (tertiary/aromatic N) is 4. The first kappa shape index (κ1) is 22.0. The highest BCUT2D eigenvalue weighted by atomic mass is 16.5. The van der Waals surface area contributed by atoms with Crippen LogP contribution >= 0.6 is 0 Å². The Morgan fingerprint density at radius 3 is 2.35 bits per heavy atom. The van der Waals surface area contributed by atoms with Gasteiger partial charge in [-0.05, 0) is 56.2 Å². The first-order valence-corrected chi connectivity index (χ1v) is 11.7. The molecule has 0 bridgehead atoms. The van der Waals surface area contributed by atoms with E-state index in [1.165, 1.54) is 0 Å². The van der Waals surface area contributed by atoms with Crippen molar-refractivity contribution in [3.8, 4) is 5.69 Å². The van der Waals surface area contributed by atoms with Crippen LogP contribution in [0.5, 0.6) is 0 Å². The molecule has 1 amide bonds. The molecule has 8 heteroatoms. The van der Waals surface area contributed by atoms with Gasteiger partial charge in [-0.25, -0.2) is 4.98 Å². The number of para-hydroxylation sites is 1. The summed E-state index contributed by atoms with van der Waals surface area (Å²) in [5.74, 6) is 1.42. The molecule has 34 heavy (non-hydrogen) atoms. The normalized spacial score (nSPS) is 15.7. The number of aromatic nitrogens is 4. The van der Waals surface area contributed by atoms with Crippen LogP contribution in [0.25, 0.3) is 16.6 Å². The van der Waals surface area contributed by atoms with E-state index in [0.717, 1.165) is 38.5 Å². The minimum Gasteiger partial charge on any atom is -0.340 e. The third-order valence-electron chi connectivity index (χ3n) is 6.60. The van der Waals surface area contributed by atoms with E-state index in [1.807, 2.05) is 18.2 Å². The monoisotopic (exact) mass is 457 g/mol. The van der Waals surface area contributed by atoms with Crippen molar-refractivity contribution >= 4 is 16.8 Å². The minimum absolute atomic E-state index is 0.134. The zero-order valence-electron chi connectivity index (χ0n) is 19.4. The smallest absolute Gasteiger partial charge is 0.265 e. The summed E-state index contributed by atoms with van der Waals surface area (Å²) >= 11 is 0. The Bertz CT molecular complexity index is 1400. The Morgan fingerprint density at radius 1 is 0.971 bits per heavy atom. The zero-order chi connectivity index (χ0) is 23.7. The summed E-state index contributed by atoms with van der Waals surface area (Å²) in [5.41, 5.74) is 1.06. The van der Waals surface area contributed by atoms with Crippen LogP contribution in [0.4, 0.5) is 0 Å². The SMILES string of the molecule is Cc1nc(C2(NC(=O)c3ccc(-n4c(C)nc5ccccc5c4=O)cc3)CCCCCC2)no1. The molecule has 4 aromatic rings. The van der Waals surface area contributed by atoms with Crippen molar-refractivity contribution in [3.05, 3.63) is 82.0 Å². The van der Waals surface area contributed by atoms with Crippen molar-refractivity contribution in [1.82, 2.24) is 25.0 Å². The molecule has 1 fully saturated rings. The second kappa shape index (κ2) is 8.85. The Balaban J connectivity index is 1.45. The van der Waals surface area contributed by atoms with E-state index in [-0.39, 0.29) is 11.5 Å². The Morgan fingerprint density at radius 2 is 1.68 bits per heavy atom. The highest BCUT2D eigenvalue weighted by Crippen LogP contribution is 2.35. The number of hydrogen-bond donors (Lipinski definition) is 1. The average molecular weight is 458 g/mol. The number of hydrogen-bond acceptors (Lipinski definition) is 6. The maximum atomic E-state index is 13.3. The molecule has 0 atom stereocenters.